The minimum Gasteiger partial charge on any atom is -0.383 e. The number of nitrogen functional groups attached to an aromatic ring is 1. The number of anilines is 1. The van der Waals surface area contributed by atoms with Gasteiger partial charge in [-0.2, -0.15) is 13.2 Å². The van der Waals surface area contributed by atoms with Gasteiger partial charge in [-0.05, 0) is 48.1 Å². The highest BCUT2D eigenvalue weighted by molar-refractivity contribution is 5.69. The summed E-state index contributed by atoms with van der Waals surface area (Å²) in [4.78, 5) is 4.03. The summed E-state index contributed by atoms with van der Waals surface area (Å²) < 4.78 is 52.8. The van der Waals surface area contributed by atoms with E-state index in [-0.39, 0.29) is 17.0 Å². The maximum absolute atomic E-state index is 13.2. The molecule has 0 atom stereocenters. The molecule has 1 aromatic carbocycles. The molecule has 2 rings (SSSR count). The Morgan fingerprint density at radius 2 is 1.78 bits per heavy atom. The van der Waals surface area contributed by atoms with Crippen LogP contribution in [0.3, 0.4) is 0 Å². The first-order valence-corrected chi connectivity index (χ1v) is 7.40. The van der Waals surface area contributed by atoms with Crippen LogP contribution in [0, 0.1) is 5.82 Å². The van der Waals surface area contributed by atoms with Gasteiger partial charge in [0.15, 0.2) is 0 Å². The molecule has 2 aromatic rings. The first-order chi connectivity index (χ1) is 10.8. The highest BCUT2D eigenvalue weighted by Gasteiger charge is 2.34. The number of aromatic nitrogens is 1. The maximum atomic E-state index is 13.2. The van der Waals surface area contributed by atoms with Gasteiger partial charge in [-0.15, -0.1) is 0 Å². The lowest BCUT2D eigenvalue weighted by Gasteiger charge is -2.18. The van der Waals surface area contributed by atoms with E-state index in [0.29, 0.717) is 11.9 Å². The second-order valence-corrected chi connectivity index (χ2v) is 5.40. The Kier molecular flexibility index (Phi) is 4.92. The Morgan fingerprint density at radius 3 is 2.35 bits per heavy atom. The van der Waals surface area contributed by atoms with Gasteiger partial charge in [0.05, 0.1) is 5.56 Å². The van der Waals surface area contributed by atoms with Crippen LogP contribution < -0.4 is 5.73 Å². The predicted molar refractivity (Wildman–Crippen MR) is 82.4 cm³/mol. The molecule has 0 unspecified atom stereocenters. The normalized spacial score (nSPS) is 12.0. The van der Waals surface area contributed by atoms with Crippen LogP contribution in [-0.2, 0) is 6.18 Å². The monoisotopic (exact) mass is 326 g/mol. The number of halogens is 4. The van der Waals surface area contributed by atoms with Crippen molar-refractivity contribution in [3.63, 3.8) is 0 Å². The molecule has 124 valence electrons. The van der Waals surface area contributed by atoms with Gasteiger partial charge in [0.25, 0.3) is 0 Å². The topological polar surface area (TPSA) is 38.9 Å². The van der Waals surface area contributed by atoms with E-state index in [4.69, 9.17) is 5.73 Å². The zero-order valence-electron chi connectivity index (χ0n) is 12.9. The standard InChI is InChI=1S/C17H18F4N2/c1-3-10(4-2)14-7-11(9-23-16(14)22)13-6-5-12(18)8-15(13)17(19,20)21/h5-10H,3-4H2,1-2H3,(H2,22,23). The summed E-state index contributed by atoms with van der Waals surface area (Å²) in [7, 11) is 0. The van der Waals surface area contributed by atoms with E-state index < -0.39 is 17.6 Å². The lowest BCUT2D eigenvalue weighted by molar-refractivity contribution is -0.137. The quantitative estimate of drug-likeness (QED) is 0.765. The minimum absolute atomic E-state index is 0.0985. The summed E-state index contributed by atoms with van der Waals surface area (Å²) >= 11 is 0. The van der Waals surface area contributed by atoms with Crippen LogP contribution in [0.4, 0.5) is 23.4 Å². The van der Waals surface area contributed by atoms with Crippen molar-refractivity contribution in [3.8, 4) is 11.1 Å². The van der Waals surface area contributed by atoms with E-state index >= 15 is 0 Å². The molecule has 1 aromatic heterocycles. The van der Waals surface area contributed by atoms with E-state index in [1.807, 2.05) is 13.8 Å². The molecule has 0 radical (unpaired) electrons. The lowest BCUT2D eigenvalue weighted by Crippen LogP contribution is -2.09. The van der Waals surface area contributed by atoms with Crippen molar-refractivity contribution in [2.75, 3.05) is 5.73 Å². The first kappa shape index (κ1) is 17.2. The van der Waals surface area contributed by atoms with Crippen molar-refractivity contribution in [2.45, 2.75) is 38.8 Å². The fraction of sp³-hybridized carbons (Fsp3) is 0.353. The average Bonchev–Trinajstić information content (AvgIpc) is 2.49. The molecule has 0 spiro atoms. The zero-order chi connectivity index (χ0) is 17.2. The van der Waals surface area contributed by atoms with Crippen molar-refractivity contribution in [1.82, 2.24) is 4.98 Å². The van der Waals surface area contributed by atoms with E-state index in [2.05, 4.69) is 4.98 Å². The molecule has 0 saturated carbocycles. The van der Waals surface area contributed by atoms with Crippen molar-refractivity contribution in [2.24, 2.45) is 0 Å². The molecule has 0 aliphatic rings. The van der Waals surface area contributed by atoms with Crippen LogP contribution in [-0.4, -0.2) is 4.98 Å². The maximum Gasteiger partial charge on any atom is 0.417 e. The molecule has 1 heterocycles. The third-order valence-electron chi connectivity index (χ3n) is 3.97. The summed E-state index contributed by atoms with van der Waals surface area (Å²) in [6, 6.07) is 4.27. The fourth-order valence-corrected chi connectivity index (χ4v) is 2.70. The van der Waals surface area contributed by atoms with E-state index in [1.54, 1.807) is 6.07 Å². The van der Waals surface area contributed by atoms with Crippen molar-refractivity contribution in [1.29, 1.82) is 0 Å². The summed E-state index contributed by atoms with van der Waals surface area (Å²) in [6.45, 7) is 3.97. The summed E-state index contributed by atoms with van der Waals surface area (Å²) in [5.74, 6) is -0.486. The van der Waals surface area contributed by atoms with Crippen LogP contribution in [0.5, 0.6) is 0 Å². The number of nitrogens with two attached hydrogens (primary N) is 1. The lowest BCUT2D eigenvalue weighted by atomic mass is 9.91. The second-order valence-electron chi connectivity index (χ2n) is 5.40. The Labute approximate surface area is 132 Å². The molecule has 0 amide bonds. The van der Waals surface area contributed by atoms with E-state index in [1.165, 1.54) is 6.20 Å². The van der Waals surface area contributed by atoms with Gasteiger partial charge < -0.3 is 5.73 Å². The summed E-state index contributed by atoms with van der Waals surface area (Å²) in [5.41, 5.74) is 5.77. The highest BCUT2D eigenvalue weighted by Crippen LogP contribution is 2.39. The van der Waals surface area contributed by atoms with Crippen molar-refractivity contribution < 1.29 is 17.6 Å². The van der Waals surface area contributed by atoms with Gasteiger partial charge in [-0.3, -0.25) is 0 Å². The van der Waals surface area contributed by atoms with Crippen molar-refractivity contribution in [3.05, 3.63) is 47.4 Å². The Morgan fingerprint density at radius 1 is 1.13 bits per heavy atom. The number of alkyl halides is 3. The molecule has 0 aliphatic carbocycles. The van der Waals surface area contributed by atoms with Gasteiger partial charge in [-0.25, -0.2) is 9.37 Å². The SMILES string of the molecule is CCC(CC)c1cc(-c2ccc(F)cc2C(F)(F)F)cnc1N. The Hall–Kier alpha value is -2.11. The number of rotatable bonds is 4. The van der Waals surface area contributed by atoms with Gasteiger partial charge in [0.1, 0.15) is 11.6 Å². The van der Waals surface area contributed by atoms with Crippen LogP contribution in [0.1, 0.15) is 43.7 Å². The average molecular weight is 326 g/mol. The molecule has 0 saturated heterocycles. The molecule has 0 bridgehead atoms. The van der Waals surface area contributed by atoms with Gasteiger partial charge in [0.2, 0.25) is 0 Å². The molecule has 2 N–H and O–H groups in total. The van der Waals surface area contributed by atoms with Crippen LogP contribution in [0.15, 0.2) is 30.5 Å². The van der Waals surface area contributed by atoms with Crippen LogP contribution >= 0.6 is 0 Å². The van der Waals surface area contributed by atoms with Gasteiger partial charge in [-0.1, -0.05) is 19.9 Å². The van der Waals surface area contributed by atoms with Crippen LogP contribution in [0.25, 0.3) is 11.1 Å². The fourth-order valence-electron chi connectivity index (χ4n) is 2.70. The second kappa shape index (κ2) is 6.56. The van der Waals surface area contributed by atoms with Gasteiger partial charge in [0, 0.05) is 11.8 Å². The molecular weight excluding hydrogens is 308 g/mol. The number of hydrogen-bond donors (Lipinski definition) is 1. The zero-order valence-corrected chi connectivity index (χ0v) is 12.9. The molecular formula is C17H18F4N2. The molecule has 23 heavy (non-hydrogen) atoms. The third-order valence-corrected chi connectivity index (χ3v) is 3.97. The number of pyridine rings is 1. The third kappa shape index (κ3) is 3.63. The Bertz CT molecular complexity index is 691. The summed E-state index contributed by atoms with van der Waals surface area (Å²) in [5, 5.41) is 0. The largest absolute Gasteiger partial charge is 0.417 e. The molecule has 0 aliphatic heterocycles. The van der Waals surface area contributed by atoms with E-state index in [9.17, 15) is 17.6 Å². The van der Waals surface area contributed by atoms with Crippen molar-refractivity contribution >= 4 is 5.82 Å². The molecule has 0 fully saturated rings. The smallest absolute Gasteiger partial charge is 0.383 e. The van der Waals surface area contributed by atoms with E-state index in [0.717, 1.165) is 30.5 Å². The van der Waals surface area contributed by atoms with Gasteiger partial charge >= 0.3 is 6.18 Å². The number of hydrogen-bond acceptors (Lipinski definition) is 2. The minimum atomic E-state index is -4.64. The molecule has 6 heteroatoms. The predicted octanol–water partition coefficient (Wildman–Crippen LogP) is 5.39. The molecule has 2 nitrogen and oxygen atoms in total. The summed E-state index contributed by atoms with van der Waals surface area (Å²) in [6.07, 6.45) is -1.74. The first-order valence-electron chi connectivity index (χ1n) is 7.40. The van der Waals surface area contributed by atoms with Crippen LogP contribution in [0.2, 0.25) is 0 Å². The number of benzene rings is 1. The Balaban J connectivity index is 2.62. The number of nitrogens with zero attached hydrogens (tertiary/aromatic N) is 1. The highest BCUT2D eigenvalue weighted by atomic mass is 19.4.